The molecule has 0 amide bonds. The first-order chi connectivity index (χ1) is 10.6. The van der Waals surface area contributed by atoms with Crippen LogP contribution in [0.4, 0.5) is 4.39 Å². The van der Waals surface area contributed by atoms with Gasteiger partial charge in [-0.15, -0.1) is 0 Å². The first-order valence-electron chi connectivity index (χ1n) is 6.79. The maximum absolute atomic E-state index is 13.9. The van der Waals surface area contributed by atoms with Crippen molar-refractivity contribution in [3.8, 4) is 5.75 Å². The molecule has 116 valence electrons. The summed E-state index contributed by atoms with van der Waals surface area (Å²) in [5, 5.41) is 8.97. The maximum Gasteiger partial charge on any atom is 0.309 e. The van der Waals surface area contributed by atoms with Gasteiger partial charge in [0.05, 0.1) is 20.1 Å². The molecule has 5 heteroatoms. The van der Waals surface area contributed by atoms with Crippen molar-refractivity contribution in [2.75, 3.05) is 7.11 Å². The second-order valence-corrected chi connectivity index (χ2v) is 4.78. The topological polar surface area (TPSA) is 55.8 Å². The highest BCUT2D eigenvalue weighted by Crippen LogP contribution is 2.20. The molecular weight excluding hydrogens is 287 g/mol. The summed E-state index contributed by atoms with van der Waals surface area (Å²) in [6.45, 7) is 0.205. The van der Waals surface area contributed by atoms with E-state index >= 15 is 0 Å². The Morgan fingerprint density at radius 1 is 1.09 bits per heavy atom. The van der Waals surface area contributed by atoms with E-state index in [0.29, 0.717) is 5.56 Å². The Morgan fingerprint density at radius 3 is 2.32 bits per heavy atom. The van der Waals surface area contributed by atoms with Gasteiger partial charge in [-0.3, -0.25) is 4.79 Å². The van der Waals surface area contributed by atoms with E-state index < -0.39 is 11.8 Å². The van der Waals surface area contributed by atoms with E-state index in [-0.39, 0.29) is 25.4 Å². The molecule has 0 radical (unpaired) electrons. The van der Waals surface area contributed by atoms with Gasteiger partial charge in [-0.1, -0.05) is 30.3 Å². The molecule has 0 atom stereocenters. The number of rotatable bonds is 6. The van der Waals surface area contributed by atoms with Gasteiger partial charge in [0.1, 0.15) is 6.61 Å². The van der Waals surface area contributed by atoms with Crippen LogP contribution in [0.1, 0.15) is 16.7 Å². The average Bonchev–Trinajstić information content (AvgIpc) is 2.54. The summed E-state index contributed by atoms with van der Waals surface area (Å²) in [4.78, 5) is 11.1. The van der Waals surface area contributed by atoms with E-state index in [9.17, 15) is 9.18 Å². The number of methoxy groups -OCH3 is 1. The number of hydrogen-bond acceptors (Lipinski definition) is 4. The summed E-state index contributed by atoms with van der Waals surface area (Å²) in [6.07, 6.45) is 0.0241. The van der Waals surface area contributed by atoms with Crippen LogP contribution in [0.2, 0.25) is 0 Å². The van der Waals surface area contributed by atoms with Crippen molar-refractivity contribution in [2.45, 2.75) is 19.6 Å². The molecule has 0 aliphatic rings. The quantitative estimate of drug-likeness (QED) is 0.834. The zero-order chi connectivity index (χ0) is 15.9. The van der Waals surface area contributed by atoms with Gasteiger partial charge in [0.25, 0.3) is 0 Å². The minimum Gasteiger partial charge on any atom is -0.486 e. The molecule has 2 aromatic carbocycles. The summed E-state index contributed by atoms with van der Waals surface area (Å²) < 4.78 is 23.9. The largest absolute Gasteiger partial charge is 0.486 e. The van der Waals surface area contributed by atoms with Gasteiger partial charge < -0.3 is 14.6 Å². The fourth-order valence-electron chi connectivity index (χ4n) is 1.91. The highest BCUT2D eigenvalue weighted by atomic mass is 19.1. The Morgan fingerprint density at radius 2 is 1.73 bits per heavy atom. The molecule has 2 aromatic rings. The number of aliphatic hydroxyl groups excluding tert-OH is 1. The third kappa shape index (κ3) is 4.30. The van der Waals surface area contributed by atoms with Gasteiger partial charge in [0.15, 0.2) is 11.6 Å². The smallest absolute Gasteiger partial charge is 0.309 e. The van der Waals surface area contributed by atoms with E-state index in [0.717, 1.165) is 11.1 Å². The molecule has 22 heavy (non-hydrogen) atoms. The van der Waals surface area contributed by atoms with Crippen molar-refractivity contribution in [2.24, 2.45) is 0 Å². The molecule has 0 unspecified atom stereocenters. The number of carbonyl (C=O) groups is 1. The molecule has 0 saturated carbocycles. The van der Waals surface area contributed by atoms with Crippen LogP contribution in [0.3, 0.4) is 0 Å². The lowest BCUT2D eigenvalue weighted by Crippen LogP contribution is -2.05. The maximum atomic E-state index is 13.9. The third-order valence-electron chi connectivity index (χ3n) is 3.17. The van der Waals surface area contributed by atoms with E-state index in [4.69, 9.17) is 9.84 Å². The summed E-state index contributed by atoms with van der Waals surface area (Å²) >= 11 is 0. The predicted octanol–water partition coefficient (Wildman–Crippen LogP) is 2.61. The van der Waals surface area contributed by atoms with E-state index in [1.54, 1.807) is 18.2 Å². The Kier molecular flexibility index (Phi) is 5.49. The van der Waals surface area contributed by atoms with Crippen molar-refractivity contribution in [1.82, 2.24) is 0 Å². The average molecular weight is 304 g/mol. The van der Waals surface area contributed by atoms with Crippen molar-refractivity contribution < 1.29 is 23.8 Å². The van der Waals surface area contributed by atoms with Crippen LogP contribution in [-0.2, 0) is 29.2 Å². The SMILES string of the molecule is COC(=O)Cc1ccc(OCc2ccc(CO)cc2)c(F)c1. The van der Waals surface area contributed by atoms with Crippen molar-refractivity contribution in [1.29, 1.82) is 0 Å². The standard InChI is InChI=1S/C17H17FO4/c1-21-17(20)9-14-6-7-16(15(18)8-14)22-11-13-4-2-12(10-19)3-5-13/h2-8,19H,9-11H2,1H3. The van der Waals surface area contributed by atoms with Crippen LogP contribution in [0.25, 0.3) is 0 Å². The van der Waals surface area contributed by atoms with Crippen LogP contribution < -0.4 is 4.74 Å². The molecule has 0 bridgehead atoms. The molecule has 0 spiro atoms. The summed E-state index contributed by atoms with van der Waals surface area (Å²) in [5.41, 5.74) is 2.21. The zero-order valence-corrected chi connectivity index (χ0v) is 12.2. The van der Waals surface area contributed by atoms with E-state index in [1.807, 2.05) is 12.1 Å². The summed E-state index contributed by atoms with van der Waals surface area (Å²) in [7, 11) is 1.29. The number of halogens is 1. The van der Waals surface area contributed by atoms with Crippen LogP contribution in [-0.4, -0.2) is 18.2 Å². The molecule has 0 aromatic heterocycles. The van der Waals surface area contributed by atoms with E-state index in [2.05, 4.69) is 4.74 Å². The highest BCUT2D eigenvalue weighted by molar-refractivity contribution is 5.72. The first kappa shape index (κ1) is 16.0. The molecule has 0 aliphatic heterocycles. The van der Waals surface area contributed by atoms with Gasteiger partial charge >= 0.3 is 5.97 Å². The molecule has 0 aliphatic carbocycles. The predicted molar refractivity (Wildman–Crippen MR) is 78.8 cm³/mol. The van der Waals surface area contributed by atoms with Gasteiger partial charge in [0.2, 0.25) is 0 Å². The molecule has 0 saturated heterocycles. The van der Waals surface area contributed by atoms with Gasteiger partial charge in [-0.2, -0.15) is 0 Å². The lowest BCUT2D eigenvalue weighted by atomic mass is 10.1. The Labute approximate surface area is 128 Å². The minimum atomic E-state index is -0.520. The summed E-state index contributed by atoms with van der Waals surface area (Å²) in [5.74, 6) is -0.815. The molecular formula is C17H17FO4. The zero-order valence-electron chi connectivity index (χ0n) is 12.2. The Hall–Kier alpha value is -2.40. The second-order valence-electron chi connectivity index (χ2n) is 4.78. The van der Waals surface area contributed by atoms with Crippen molar-refractivity contribution in [3.63, 3.8) is 0 Å². The fourth-order valence-corrected chi connectivity index (χ4v) is 1.91. The second kappa shape index (κ2) is 7.56. The number of esters is 1. The van der Waals surface area contributed by atoms with Crippen molar-refractivity contribution in [3.05, 3.63) is 65.0 Å². The van der Waals surface area contributed by atoms with Crippen LogP contribution in [0, 0.1) is 5.82 Å². The molecule has 2 rings (SSSR count). The number of benzene rings is 2. The van der Waals surface area contributed by atoms with Crippen LogP contribution >= 0.6 is 0 Å². The summed E-state index contributed by atoms with van der Waals surface area (Å²) in [6, 6.07) is 11.6. The molecule has 1 N–H and O–H groups in total. The van der Waals surface area contributed by atoms with E-state index in [1.165, 1.54) is 19.2 Å². The van der Waals surface area contributed by atoms with Gasteiger partial charge in [-0.05, 0) is 28.8 Å². The van der Waals surface area contributed by atoms with Gasteiger partial charge in [0, 0.05) is 0 Å². The van der Waals surface area contributed by atoms with Gasteiger partial charge in [-0.25, -0.2) is 4.39 Å². The lowest BCUT2D eigenvalue weighted by Gasteiger charge is -2.09. The lowest BCUT2D eigenvalue weighted by molar-refractivity contribution is -0.139. The molecule has 4 nitrogen and oxygen atoms in total. The normalized spacial score (nSPS) is 10.3. The Balaban J connectivity index is 1.98. The first-order valence-corrected chi connectivity index (χ1v) is 6.79. The third-order valence-corrected chi connectivity index (χ3v) is 3.17. The van der Waals surface area contributed by atoms with Crippen LogP contribution in [0.15, 0.2) is 42.5 Å². The fraction of sp³-hybridized carbons (Fsp3) is 0.235. The Bertz CT molecular complexity index is 638. The minimum absolute atomic E-state index is 0.0164. The number of hydrogen-bond donors (Lipinski definition) is 1. The number of aliphatic hydroxyl groups is 1. The monoisotopic (exact) mass is 304 g/mol. The van der Waals surface area contributed by atoms with Crippen molar-refractivity contribution >= 4 is 5.97 Å². The number of carbonyl (C=O) groups excluding carboxylic acids is 1. The van der Waals surface area contributed by atoms with Crippen LogP contribution in [0.5, 0.6) is 5.75 Å². The highest BCUT2D eigenvalue weighted by Gasteiger charge is 2.08. The molecule has 0 heterocycles. The molecule has 0 fully saturated rings. The number of ether oxygens (including phenoxy) is 2.